The summed E-state index contributed by atoms with van der Waals surface area (Å²) >= 11 is 7.17. The number of anilines is 2. The summed E-state index contributed by atoms with van der Waals surface area (Å²) in [5.41, 5.74) is 3.72. The van der Waals surface area contributed by atoms with E-state index in [-0.39, 0.29) is 12.0 Å². The van der Waals surface area contributed by atoms with Gasteiger partial charge >= 0.3 is 0 Å². The van der Waals surface area contributed by atoms with Crippen LogP contribution in [0.25, 0.3) is 20.8 Å². The Balaban J connectivity index is 1.34. The van der Waals surface area contributed by atoms with Crippen LogP contribution in [0.3, 0.4) is 0 Å². The molecule has 3 fully saturated rings. The van der Waals surface area contributed by atoms with Gasteiger partial charge in [0.1, 0.15) is 22.4 Å². The summed E-state index contributed by atoms with van der Waals surface area (Å²) in [5, 5.41) is 29.8. The summed E-state index contributed by atoms with van der Waals surface area (Å²) in [6, 6.07) is 1.97. The Kier molecular flexibility index (Phi) is 7.56. The summed E-state index contributed by atoms with van der Waals surface area (Å²) in [6.45, 7) is 6.28. The highest BCUT2D eigenvalue weighted by Gasteiger charge is 2.42. The van der Waals surface area contributed by atoms with Crippen LogP contribution in [0.5, 0.6) is 0 Å². The van der Waals surface area contributed by atoms with E-state index in [0.29, 0.717) is 42.5 Å². The van der Waals surface area contributed by atoms with Crippen molar-refractivity contribution in [2.75, 3.05) is 10.6 Å². The average Bonchev–Trinajstić information content (AvgIpc) is 3.82. The molecule has 5 atom stereocenters. The van der Waals surface area contributed by atoms with Crippen LogP contribution >= 0.6 is 23.6 Å². The molecule has 0 bridgehead atoms. The molecule has 3 aliphatic carbocycles. The lowest BCUT2D eigenvalue weighted by Crippen LogP contribution is -2.35. The number of hydrogen-bond acceptors (Lipinski definition) is 10. The SMILES string of the molecule is CCCC(=S)C[C@H]1C[C@@H](Nc2nc(N[C@H](C)C3CC3)nc(C)c2-c2nc3c(C4CC4)nccc3s2)[C@H](O)[C@@H]1O. The average molecular weight is 567 g/mol. The Morgan fingerprint density at radius 3 is 2.67 bits per heavy atom. The molecule has 4 N–H and O–H groups in total. The van der Waals surface area contributed by atoms with Gasteiger partial charge in [-0.05, 0) is 81.6 Å². The van der Waals surface area contributed by atoms with Crippen LogP contribution in [0.2, 0.25) is 0 Å². The third kappa shape index (κ3) is 5.66. The highest BCUT2D eigenvalue weighted by Crippen LogP contribution is 2.45. The summed E-state index contributed by atoms with van der Waals surface area (Å²) in [4.78, 5) is 20.5. The summed E-state index contributed by atoms with van der Waals surface area (Å²) in [5.74, 6) is 2.29. The smallest absolute Gasteiger partial charge is 0.225 e. The van der Waals surface area contributed by atoms with Gasteiger partial charge < -0.3 is 20.8 Å². The molecule has 0 amide bonds. The van der Waals surface area contributed by atoms with Gasteiger partial charge in [-0.15, -0.1) is 11.3 Å². The molecule has 3 heterocycles. The first kappa shape index (κ1) is 26.9. The molecule has 3 aromatic rings. The maximum atomic E-state index is 11.0. The van der Waals surface area contributed by atoms with Crippen LogP contribution in [0, 0.1) is 18.8 Å². The molecule has 0 aromatic carbocycles. The standard InChI is InChI=1S/C29H38N6O2S2/c1-4-5-19(38)12-18-13-20(26(37)25(18)36)33-27-22(15(3)32-29(35-27)31-14(2)16-6-7-16)28-34-24-21(39-28)10-11-30-23(24)17-8-9-17/h10-11,14,16-18,20,25-26,36-37H,4-9,12-13H2,1-3H3,(H2,31,32,33,35)/t14-,18+,20-,25-,26+/m1/s1. The van der Waals surface area contributed by atoms with E-state index in [1.54, 1.807) is 11.3 Å². The van der Waals surface area contributed by atoms with Crippen molar-refractivity contribution in [3.05, 3.63) is 23.7 Å². The van der Waals surface area contributed by atoms with Crippen molar-refractivity contribution < 1.29 is 10.2 Å². The normalized spacial score (nSPS) is 25.7. The molecular weight excluding hydrogens is 528 g/mol. The largest absolute Gasteiger partial charge is 0.390 e. The zero-order valence-corrected chi connectivity index (χ0v) is 24.5. The molecule has 0 aliphatic heterocycles. The molecule has 3 aliphatic rings. The fourth-order valence-electron chi connectivity index (χ4n) is 5.87. The number of aliphatic hydroxyl groups excluding tert-OH is 2. The fraction of sp³-hybridized carbons (Fsp3) is 0.621. The molecule has 0 spiro atoms. The van der Waals surface area contributed by atoms with Crippen molar-refractivity contribution >= 4 is 50.4 Å². The van der Waals surface area contributed by atoms with E-state index in [4.69, 9.17) is 27.2 Å². The Morgan fingerprint density at radius 1 is 1.15 bits per heavy atom. The molecule has 0 unspecified atom stereocenters. The first-order valence-electron chi connectivity index (χ1n) is 14.4. The molecule has 208 valence electrons. The second kappa shape index (κ2) is 11.0. The number of thiocarbonyl (C=S) groups is 1. The number of fused-ring (bicyclic) bond motifs is 1. The molecule has 39 heavy (non-hydrogen) atoms. The van der Waals surface area contributed by atoms with E-state index < -0.39 is 12.2 Å². The second-order valence-electron chi connectivity index (χ2n) is 11.7. The monoisotopic (exact) mass is 566 g/mol. The predicted molar refractivity (Wildman–Crippen MR) is 161 cm³/mol. The number of aryl methyl sites for hydroxylation is 1. The van der Waals surface area contributed by atoms with E-state index in [1.165, 1.54) is 12.8 Å². The number of nitrogens with zero attached hydrogens (tertiary/aromatic N) is 4. The van der Waals surface area contributed by atoms with Gasteiger partial charge in [-0.3, -0.25) is 4.98 Å². The molecule has 0 radical (unpaired) electrons. The van der Waals surface area contributed by atoms with Crippen LogP contribution in [0.15, 0.2) is 12.3 Å². The van der Waals surface area contributed by atoms with Crippen LogP contribution in [-0.2, 0) is 0 Å². The molecule has 6 rings (SSSR count). The number of thiazole rings is 1. The quantitative estimate of drug-likeness (QED) is 0.219. The number of nitrogens with one attached hydrogen (secondary N) is 2. The van der Waals surface area contributed by atoms with Crippen LogP contribution in [-0.4, -0.2) is 59.3 Å². The molecule has 10 heteroatoms. The number of aliphatic hydroxyl groups is 2. The Labute approximate surface area is 239 Å². The van der Waals surface area contributed by atoms with E-state index in [1.807, 2.05) is 19.2 Å². The minimum Gasteiger partial charge on any atom is -0.390 e. The topological polar surface area (TPSA) is 116 Å². The second-order valence-corrected chi connectivity index (χ2v) is 13.3. The lowest BCUT2D eigenvalue weighted by atomic mass is 9.97. The van der Waals surface area contributed by atoms with E-state index in [2.05, 4.69) is 29.5 Å². The van der Waals surface area contributed by atoms with Crippen molar-refractivity contribution in [2.45, 2.75) is 102 Å². The minimum absolute atomic E-state index is 0.0787. The van der Waals surface area contributed by atoms with Crippen molar-refractivity contribution in [3.8, 4) is 10.6 Å². The Bertz CT molecular complexity index is 1370. The molecule has 3 aromatic heterocycles. The van der Waals surface area contributed by atoms with Gasteiger partial charge in [-0.25, -0.2) is 9.97 Å². The molecule has 3 saturated carbocycles. The summed E-state index contributed by atoms with van der Waals surface area (Å²) in [6.07, 6.45) is 8.05. The van der Waals surface area contributed by atoms with E-state index >= 15 is 0 Å². The lowest BCUT2D eigenvalue weighted by molar-refractivity contribution is 0.0189. The minimum atomic E-state index is -0.912. The third-order valence-electron chi connectivity index (χ3n) is 8.43. The first-order valence-corrected chi connectivity index (χ1v) is 15.6. The highest BCUT2D eigenvalue weighted by molar-refractivity contribution is 7.80. The predicted octanol–water partition coefficient (Wildman–Crippen LogP) is 5.63. The molecule has 0 saturated heterocycles. The van der Waals surface area contributed by atoms with Crippen molar-refractivity contribution in [2.24, 2.45) is 11.8 Å². The van der Waals surface area contributed by atoms with Gasteiger partial charge in [0.2, 0.25) is 5.95 Å². The van der Waals surface area contributed by atoms with Crippen molar-refractivity contribution in [3.63, 3.8) is 0 Å². The van der Waals surface area contributed by atoms with Crippen LogP contribution < -0.4 is 10.6 Å². The first-order chi connectivity index (χ1) is 18.8. The van der Waals surface area contributed by atoms with Crippen LogP contribution in [0.1, 0.15) is 82.5 Å². The maximum absolute atomic E-state index is 11.0. The van der Waals surface area contributed by atoms with E-state index in [0.717, 1.165) is 62.7 Å². The number of rotatable bonds is 11. The number of pyridine rings is 1. The summed E-state index contributed by atoms with van der Waals surface area (Å²) in [7, 11) is 0. The fourth-order valence-corrected chi connectivity index (χ4v) is 7.36. The van der Waals surface area contributed by atoms with E-state index in [9.17, 15) is 10.2 Å². The molecular formula is C29H38N6O2S2. The van der Waals surface area contributed by atoms with Crippen molar-refractivity contribution in [1.82, 2.24) is 19.9 Å². The third-order valence-corrected chi connectivity index (χ3v) is 9.84. The Hall–Kier alpha value is -2.27. The number of hydrogen-bond donors (Lipinski definition) is 4. The van der Waals surface area contributed by atoms with Gasteiger partial charge in [-0.2, -0.15) is 4.98 Å². The van der Waals surface area contributed by atoms with Gasteiger partial charge in [0, 0.05) is 18.2 Å². The highest BCUT2D eigenvalue weighted by atomic mass is 32.1. The maximum Gasteiger partial charge on any atom is 0.225 e. The Morgan fingerprint density at radius 2 is 1.95 bits per heavy atom. The zero-order chi connectivity index (χ0) is 27.3. The zero-order valence-electron chi connectivity index (χ0n) is 22.9. The van der Waals surface area contributed by atoms with Crippen molar-refractivity contribution in [1.29, 1.82) is 0 Å². The van der Waals surface area contributed by atoms with Crippen LogP contribution in [0.4, 0.5) is 11.8 Å². The van der Waals surface area contributed by atoms with Gasteiger partial charge in [0.25, 0.3) is 0 Å². The lowest BCUT2D eigenvalue weighted by Gasteiger charge is -2.22. The van der Waals surface area contributed by atoms with Gasteiger partial charge in [0.05, 0.1) is 33.8 Å². The van der Waals surface area contributed by atoms with Gasteiger partial charge in [0.15, 0.2) is 0 Å². The summed E-state index contributed by atoms with van der Waals surface area (Å²) < 4.78 is 1.11. The van der Waals surface area contributed by atoms with Gasteiger partial charge in [-0.1, -0.05) is 25.6 Å². The number of aromatic nitrogens is 4. The molecule has 8 nitrogen and oxygen atoms in total.